The number of carbonyl (C=O) groups is 1. The van der Waals surface area contributed by atoms with E-state index in [1.165, 1.54) is 16.9 Å². The molecule has 0 spiro atoms. The normalized spacial score (nSPS) is 11.2. The van der Waals surface area contributed by atoms with Crippen molar-refractivity contribution in [2.75, 3.05) is 19.7 Å². The van der Waals surface area contributed by atoms with Gasteiger partial charge in [0, 0.05) is 12.6 Å². The van der Waals surface area contributed by atoms with E-state index in [0.717, 1.165) is 13.0 Å². The average Bonchev–Trinajstić information content (AvgIpc) is 2.88. The van der Waals surface area contributed by atoms with E-state index < -0.39 is 0 Å². The van der Waals surface area contributed by atoms with Crippen LogP contribution < -0.4 is 5.56 Å². The number of esters is 1. The summed E-state index contributed by atoms with van der Waals surface area (Å²) in [6.45, 7) is 5.47. The Morgan fingerprint density at radius 2 is 2.29 bits per heavy atom. The molecule has 0 aliphatic rings. The second-order valence-corrected chi connectivity index (χ2v) is 4.62. The predicted molar refractivity (Wildman–Crippen MR) is 75.8 cm³/mol. The van der Waals surface area contributed by atoms with E-state index in [4.69, 9.17) is 4.74 Å². The number of aromatic amines is 1. The molecule has 0 atom stereocenters. The number of hydrogen-bond donors (Lipinski definition) is 1. The Labute approximate surface area is 121 Å². The Hall–Kier alpha value is -2.22. The largest absolute Gasteiger partial charge is 0.465 e. The first-order chi connectivity index (χ1) is 10.1. The van der Waals surface area contributed by atoms with Crippen LogP contribution in [0.4, 0.5) is 0 Å². The van der Waals surface area contributed by atoms with Crippen LogP contribution in [0.5, 0.6) is 0 Å². The maximum atomic E-state index is 11.9. The van der Waals surface area contributed by atoms with Crippen LogP contribution in [0, 0.1) is 0 Å². The zero-order chi connectivity index (χ0) is 15.2. The molecule has 0 unspecified atom stereocenters. The summed E-state index contributed by atoms with van der Waals surface area (Å²) < 4.78 is 6.22. The van der Waals surface area contributed by atoms with Gasteiger partial charge >= 0.3 is 5.97 Å². The van der Waals surface area contributed by atoms with Gasteiger partial charge in [0.1, 0.15) is 6.33 Å². The van der Waals surface area contributed by atoms with Crippen molar-refractivity contribution in [3.8, 4) is 0 Å². The molecule has 114 valence electrons. The molecule has 0 radical (unpaired) electrons. The van der Waals surface area contributed by atoms with Crippen molar-refractivity contribution in [1.29, 1.82) is 0 Å². The first kappa shape index (κ1) is 15.2. The number of nitrogens with zero attached hydrogens (tertiary/aromatic N) is 4. The summed E-state index contributed by atoms with van der Waals surface area (Å²) in [5, 5.41) is 2.69. The lowest BCUT2D eigenvalue weighted by atomic mass is 10.3. The van der Waals surface area contributed by atoms with E-state index in [1.54, 1.807) is 6.92 Å². The standard InChI is InChI=1S/C13H19N5O3/c1-3-5-17(8-12(20)21-4-2)7-10-6-11(19)18-13(16-10)14-9-15-18/h6,9H,3-5,7-8H2,1-2H3,(H,14,15,16). The van der Waals surface area contributed by atoms with Gasteiger partial charge in [-0.3, -0.25) is 19.6 Å². The Bertz CT molecular complexity index is 663. The number of H-pyrrole nitrogens is 1. The van der Waals surface area contributed by atoms with Crippen molar-refractivity contribution >= 4 is 11.7 Å². The fourth-order valence-corrected chi connectivity index (χ4v) is 2.10. The molecule has 0 aliphatic carbocycles. The Morgan fingerprint density at radius 3 is 3.00 bits per heavy atom. The minimum atomic E-state index is -0.275. The molecule has 0 bridgehead atoms. The van der Waals surface area contributed by atoms with Crippen LogP contribution in [-0.2, 0) is 16.1 Å². The molecule has 0 aromatic carbocycles. The summed E-state index contributed by atoms with van der Waals surface area (Å²) in [7, 11) is 0. The van der Waals surface area contributed by atoms with E-state index in [1.807, 2.05) is 11.8 Å². The molecular formula is C13H19N5O3. The van der Waals surface area contributed by atoms with Crippen molar-refractivity contribution in [1.82, 2.24) is 24.5 Å². The maximum absolute atomic E-state index is 11.9. The Kier molecular flexibility index (Phi) is 5.04. The van der Waals surface area contributed by atoms with Gasteiger partial charge in [-0.25, -0.2) is 9.97 Å². The number of hydrogen-bond acceptors (Lipinski definition) is 6. The van der Waals surface area contributed by atoms with E-state index in [9.17, 15) is 9.59 Å². The van der Waals surface area contributed by atoms with Crippen molar-refractivity contribution in [2.24, 2.45) is 0 Å². The van der Waals surface area contributed by atoms with Crippen molar-refractivity contribution in [3.63, 3.8) is 0 Å². The topological polar surface area (TPSA) is 92.6 Å². The highest BCUT2D eigenvalue weighted by Crippen LogP contribution is 2.02. The van der Waals surface area contributed by atoms with Gasteiger partial charge in [0.15, 0.2) is 0 Å². The van der Waals surface area contributed by atoms with Gasteiger partial charge in [-0.05, 0) is 19.9 Å². The zero-order valence-electron chi connectivity index (χ0n) is 12.2. The summed E-state index contributed by atoms with van der Waals surface area (Å²) in [6.07, 6.45) is 2.30. The van der Waals surface area contributed by atoms with Gasteiger partial charge in [0.05, 0.1) is 18.8 Å². The number of rotatable bonds is 7. The van der Waals surface area contributed by atoms with Crippen molar-refractivity contribution < 1.29 is 9.53 Å². The lowest BCUT2D eigenvalue weighted by Crippen LogP contribution is -2.32. The fraction of sp³-hybridized carbons (Fsp3) is 0.538. The number of nitrogens with one attached hydrogen (secondary N) is 1. The van der Waals surface area contributed by atoms with E-state index >= 15 is 0 Å². The molecule has 8 heteroatoms. The van der Waals surface area contributed by atoms with Crippen LogP contribution >= 0.6 is 0 Å². The van der Waals surface area contributed by atoms with Gasteiger partial charge in [0.25, 0.3) is 11.3 Å². The number of fused-ring (bicyclic) bond motifs is 1. The highest BCUT2D eigenvalue weighted by Gasteiger charge is 2.13. The molecule has 0 saturated carbocycles. The minimum Gasteiger partial charge on any atom is -0.465 e. The molecule has 1 N–H and O–H groups in total. The molecule has 2 heterocycles. The summed E-state index contributed by atoms with van der Waals surface area (Å²) >= 11 is 0. The maximum Gasteiger partial charge on any atom is 0.320 e. The molecule has 21 heavy (non-hydrogen) atoms. The number of ether oxygens (including phenoxy) is 1. The Balaban J connectivity index is 2.14. The van der Waals surface area contributed by atoms with Gasteiger partial charge in [-0.1, -0.05) is 6.92 Å². The van der Waals surface area contributed by atoms with E-state index in [2.05, 4.69) is 15.1 Å². The second-order valence-electron chi connectivity index (χ2n) is 4.62. The molecule has 2 aromatic rings. The van der Waals surface area contributed by atoms with Crippen LogP contribution in [0.2, 0.25) is 0 Å². The van der Waals surface area contributed by atoms with E-state index in [0.29, 0.717) is 24.6 Å². The highest BCUT2D eigenvalue weighted by atomic mass is 16.5. The third-order valence-electron chi connectivity index (χ3n) is 2.90. The third-order valence-corrected chi connectivity index (χ3v) is 2.90. The van der Waals surface area contributed by atoms with Crippen LogP contribution in [0.25, 0.3) is 5.78 Å². The summed E-state index contributed by atoms with van der Waals surface area (Å²) in [5.74, 6) is 0.0496. The van der Waals surface area contributed by atoms with Crippen LogP contribution in [0.1, 0.15) is 26.0 Å². The highest BCUT2D eigenvalue weighted by molar-refractivity contribution is 5.71. The summed E-state index contributed by atoms with van der Waals surface area (Å²) in [5.41, 5.74) is 0.366. The Morgan fingerprint density at radius 1 is 1.48 bits per heavy atom. The lowest BCUT2D eigenvalue weighted by Gasteiger charge is -2.19. The molecule has 2 rings (SSSR count). The SMILES string of the molecule is CCCN(CC(=O)OCC)Cc1cc(=O)n2[nH]cnc2n1. The predicted octanol–water partition coefficient (Wildman–Crippen LogP) is 0.193. The third kappa shape index (κ3) is 3.88. The number of carbonyl (C=O) groups excluding carboxylic acids is 1. The summed E-state index contributed by atoms with van der Waals surface area (Å²) in [4.78, 5) is 33.6. The molecule has 0 aliphatic heterocycles. The van der Waals surface area contributed by atoms with Gasteiger partial charge in [0.2, 0.25) is 0 Å². The lowest BCUT2D eigenvalue weighted by molar-refractivity contribution is -0.144. The van der Waals surface area contributed by atoms with E-state index in [-0.39, 0.29) is 18.1 Å². The molecule has 2 aromatic heterocycles. The second kappa shape index (κ2) is 6.98. The fourth-order valence-electron chi connectivity index (χ4n) is 2.10. The monoisotopic (exact) mass is 293 g/mol. The zero-order valence-corrected chi connectivity index (χ0v) is 12.2. The first-order valence-electron chi connectivity index (χ1n) is 6.94. The van der Waals surface area contributed by atoms with Crippen LogP contribution in [-0.4, -0.2) is 50.1 Å². The average molecular weight is 293 g/mol. The molecule has 0 saturated heterocycles. The quantitative estimate of drug-likeness (QED) is 0.733. The number of aromatic nitrogens is 4. The molecular weight excluding hydrogens is 274 g/mol. The van der Waals surface area contributed by atoms with Gasteiger partial charge in [-0.2, -0.15) is 4.52 Å². The minimum absolute atomic E-state index is 0.184. The van der Waals surface area contributed by atoms with Crippen LogP contribution in [0.15, 0.2) is 17.2 Å². The van der Waals surface area contributed by atoms with Gasteiger partial charge < -0.3 is 4.74 Å². The summed E-state index contributed by atoms with van der Waals surface area (Å²) in [6, 6.07) is 1.44. The van der Waals surface area contributed by atoms with Crippen molar-refractivity contribution in [2.45, 2.75) is 26.8 Å². The molecule has 8 nitrogen and oxygen atoms in total. The van der Waals surface area contributed by atoms with Gasteiger partial charge in [-0.15, -0.1) is 0 Å². The molecule has 0 fully saturated rings. The smallest absolute Gasteiger partial charge is 0.320 e. The van der Waals surface area contributed by atoms with Crippen LogP contribution in [0.3, 0.4) is 0 Å². The van der Waals surface area contributed by atoms with Crippen molar-refractivity contribution in [3.05, 3.63) is 28.4 Å². The first-order valence-corrected chi connectivity index (χ1v) is 6.94. The molecule has 0 amide bonds.